The van der Waals surface area contributed by atoms with E-state index in [1.165, 1.54) is 34.0 Å². The summed E-state index contributed by atoms with van der Waals surface area (Å²) in [4.78, 5) is 41.3. The van der Waals surface area contributed by atoms with Gasteiger partial charge in [0.2, 0.25) is 0 Å². The number of alkyl halides is 3. The van der Waals surface area contributed by atoms with Gasteiger partial charge in [-0.1, -0.05) is 23.7 Å². The monoisotopic (exact) mass is 636 g/mol. The minimum Gasteiger partial charge on any atom is -0.444 e. The molecule has 228 valence electrons. The number of aromatic nitrogens is 2. The summed E-state index contributed by atoms with van der Waals surface area (Å²) < 4.78 is 47.6. The maximum Gasteiger partial charge on any atom is 0.416 e. The molecule has 2 saturated heterocycles. The van der Waals surface area contributed by atoms with E-state index < -0.39 is 46.7 Å². The van der Waals surface area contributed by atoms with Crippen LogP contribution in [-0.2, 0) is 22.3 Å². The zero-order valence-corrected chi connectivity index (χ0v) is 25.0. The molecule has 2 fully saturated rings. The Bertz CT molecular complexity index is 1630. The molecule has 3 amide bonds. The highest BCUT2D eigenvalue weighted by atomic mass is 35.5. The summed E-state index contributed by atoms with van der Waals surface area (Å²) in [6.07, 6.45) is -2.97. The van der Waals surface area contributed by atoms with Crippen molar-refractivity contribution in [3.05, 3.63) is 69.2 Å². The molecule has 0 radical (unpaired) electrons. The van der Waals surface area contributed by atoms with Crippen LogP contribution in [0.25, 0.3) is 17.0 Å². The van der Waals surface area contributed by atoms with Crippen molar-refractivity contribution in [2.24, 2.45) is 0 Å². The summed E-state index contributed by atoms with van der Waals surface area (Å²) in [6, 6.07) is 7.71. The van der Waals surface area contributed by atoms with Gasteiger partial charge in [0.05, 0.1) is 40.9 Å². The number of ether oxygens (including phenoxy) is 1. The topological polar surface area (TPSA) is 105 Å². The van der Waals surface area contributed by atoms with Crippen LogP contribution >= 0.6 is 23.4 Å². The summed E-state index contributed by atoms with van der Waals surface area (Å²) in [6.45, 7) is 5.21. The van der Waals surface area contributed by atoms with Gasteiger partial charge in [0, 0.05) is 23.5 Å². The highest BCUT2D eigenvalue weighted by Crippen LogP contribution is 2.37. The van der Waals surface area contributed by atoms with E-state index in [9.17, 15) is 32.7 Å². The molecule has 2 aliphatic rings. The lowest BCUT2D eigenvalue weighted by atomic mass is 10.0. The highest BCUT2D eigenvalue weighted by Gasteiger charge is 2.45. The molecular formula is C29H28ClF3N4O5S. The first-order valence-electron chi connectivity index (χ1n) is 13.3. The predicted molar refractivity (Wildman–Crippen MR) is 155 cm³/mol. The first-order valence-corrected chi connectivity index (χ1v) is 14.5. The molecule has 2 aromatic carbocycles. The van der Waals surface area contributed by atoms with Crippen molar-refractivity contribution in [2.75, 3.05) is 13.1 Å². The molecule has 9 nitrogen and oxygen atoms in total. The summed E-state index contributed by atoms with van der Waals surface area (Å²) in [5.41, 5.74) is -0.420. The van der Waals surface area contributed by atoms with Crippen LogP contribution in [0.1, 0.15) is 43.9 Å². The van der Waals surface area contributed by atoms with Gasteiger partial charge < -0.3 is 14.7 Å². The lowest BCUT2D eigenvalue weighted by molar-refractivity contribution is -0.138. The second-order valence-corrected chi connectivity index (χ2v) is 12.8. The Hall–Kier alpha value is -3.55. The number of benzene rings is 2. The standard InChI is InChI=1S/C29H28ClF3N4O5S/c1-28(2,3)42-26(40)35-9-8-23(38)22(15-35)37-25(39)24(43-27(37)41)11-16-4-7-21-18(10-16)13-34-36(21)14-17-5-6-19(30)12-20(17)29(31,32)33/h4-7,10-13,22-23,38H,8-9,14-15H2,1-3H3/b24-11-/t22-,23-/m1/s1. The van der Waals surface area contributed by atoms with Crippen molar-refractivity contribution in [1.82, 2.24) is 19.6 Å². The second-order valence-electron chi connectivity index (χ2n) is 11.3. The van der Waals surface area contributed by atoms with E-state index >= 15 is 0 Å². The molecule has 1 N–H and O–H groups in total. The van der Waals surface area contributed by atoms with Gasteiger partial charge in [0.1, 0.15) is 5.60 Å². The Morgan fingerprint density at radius 3 is 2.63 bits per heavy atom. The molecule has 1 aromatic heterocycles. The fraction of sp³-hybridized carbons (Fsp3) is 0.379. The Kier molecular flexibility index (Phi) is 8.27. The van der Waals surface area contributed by atoms with Crippen LogP contribution in [0.5, 0.6) is 0 Å². The molecule has 2 atom stereocenters. The number of aliphatic hydroxyl groups is 1. The smallest absolute Gasteiger partial charge is 0.416 e. The molecule has 3 heterocycles. The highest BCUT2D eigenvalue weighted by molar-refractivity contribution is 8.18. The van der Waals surface area contributed by atoms with Gasteiger partial charge in [-0.3, -0.25) is 19.2 Å². The summed E-state index contributed by atoms with van der Waals surface area (Å²) in [7, 11) is 0. The number of rotatable bonds is 4. The van der Waals surface area contributed by atoms with E-state index in [-0.39, 0.29) is 41.5 Å². The normalized spacial score (nSPS) is 20.9. The summed E-state index contributed by atoms with van der Waals surface area (Å²) in [5, 5.41) is 14.9. The number of hydrogen-bond donors (Lipinski definition) is 1. The molecule has 0 aliphatic carbocycles. The van der Waals surface area contributed by atoms with Gasteiger partial charge in [-0.25, -0.2) is 4.79 Å². The average Bonchev–Trinajstić information content (AvgIpc) is 3.42. The molecule has 5 rings (SSSR count). The Morgan fingerprint density at radius 1 is 1.19 bits per heavy atom. The van der Waals surface area contributed by atoms with Gasteiger partial charge in [-0.2, -0.15) is 18.3 Å². The number of halogens is 4. The zero-order valence-electron chi connectivity index (χ0n) is 23.4. The number of aliphatic hydroxyl groups excluding tert-OH is 1. The van der Waals surface area contributed by atoms with E-state index in [4.69, 9.17) is 16.3 Å². The number of amides is 3. The van der Waals surface area contributed by atoms with Gasteiger partial charge >= 0.3 is 12.3 Å². The molecule has 43 heavy (non-hydrogen) atoms. The van der Waals surface area contributed by atoms with Crippen molar-refractivity contribution in [1.29, 1.82) is 0 Å². The van der Waals surface area contributed by atoms with E-state index in [1.807, 2.05) is 0 Å². The minimum absolute atomic E-state index is 0.00906. The number of thioether (sulfide) groups is 1. The van der Waals surface area contributed by atoms with Crippen LogP contribution in [0.3, 0.4) is 0 Å². The Morgan fingerprint density at radius 2 is 1.93 bits per heavy atom. The lowest BCUT2D eigenvalue weighted by Crippen LogP contribution is -2.58. The van der Waals surface area contributed by atoms with Gasteiger partial charge in [-0.05, 0) is 80.4 Å². The Labute approximate surface area is 254 Å². The van der Waals surface area contributed by atoms with Crippen LogP contribution in [0.4, 0.5) is 22.8 Å². The fourth-order valence-electron chi connectivity index (χ4n) is 5.02. The fourth-order valence-corrected chi connectivity index (χ4v) is 6.07. The minimum atomic E-state index is -4.58. The first kappa shape index (κ1) is 30.9. The van der Waals surface area contributed by atoms with Crippen molar-refractivity contribution in [3.63, 3.8) is 0 Å². The van der Waals surface area contributed by atoms with Gasteiger partial charge in [0.15, 0.2) is 0 Å². The van der Waals surface area contributed by atoms with Crippen LogP contribution < -0.4 is 0 Å². The molecule has 0 bridgehead atoms. The van der Waals surface area contributed by atoms with Crippen molar-refractivity contribution in [2.45, 2.75) is 57.7 Å². The maximum absolute atomic E-state index is 13.6. The summed E-state index contributed by atoms with van der Waals surface area (Å²) >= 11 is 6.52. The molecule has 3 aromatic rings. The van der Waals surface area contributed by atoms with Gasteiger partial charge in [-0.15, -0.1) is 0 Å². The lowest BCUT2D eigenvalue weighted by Gasteiger charge is -2.39. The van der Waals surface area contributed by atoms with E-state index in [2.05, 4.69) is 5.10 Å². The molecule has 2 aliphatic heterocycles. The van der Waals surface area contributed by atoms with Crippen LogP contribution in [0.2, 0.25) is 5.02 Å². The molecule has 14 heteroatoms. The number of hydrogen-bond acceptors (Lipinski definition) is 7. The van der Waals surface area contributed by atoms with E-state index in [0.717, 1.165) is 22.7 Å². The predicted octanol–water partition coefficient (Wildman–Crippen LogP) is 6.16. The molecule has 0 spiro atoms. The third-order valence-electron chi connectivity index (χ3n) is 7.01. The molecular weight excluding hydrogens is 609 g/mol. The summed E-state index contributed by atoms with van der Waals surface area (Å²) in [5.74, 6) is -0.594. The number of fused-ring (bicyclic) bond motifs is 1. The number of piperidine rings is 1. The number of likely N-dealkylation sites (tertiary alicyclic amines) is 1. The van der Waals surface area contributed by atoms with E-state index in [1.54, 1.807) is 39.0 Å². The van der Waals surface area contributed by atoms with Crippen molar-refractivity contribution < 1.29 is 37.4 Å². The largest absolute Gasteiger partial charge is 0.444 e. The zero-order chi connectivity index (χ0) is 31.3. The van der Waals surface area contributed by atoms with Crippen LogP contribution in [0.15, 0.2) is 47.5 Å². The van der Waals surface area contributed by atoms with Crippen molar-refractivity contribution in [3.8, 4) is 0 Å². The number of imide groups is 1. The van der Waals surface area contributed by atoms with Crippen LogP contribution in [-0.4, -0.2) is 72.8 Å². The number of nitrogens with zero attached hydrogens (tertiary/aromatic N) is 4. The quantitative estimate of drug-likeness (QED) is 0.342. The third kappa shape index (κ3) is 6.68. The number of carbonyl (C=O) groups is 3. The molecule has 0 saturated carbocycles. The molecule has 0 unspecified atom stereocenters. The first-order chi connectivity index (χ1) is 20.1. The Balaban J connectivity index is 1.35. The maximum atomic E-state index is 13.6. The number of carbonyl (C=O) groups excluding carboxylic acids is 3. The average molecular weight is 637 g/mol. The SMILES string of the molecule is CC(C)(C)OC(=O)N1CC[C@@H](O)[C@H](N2C(=O)S/C(=C\c3ccc4c(cnn4Cc4ccc(Cl)cc4C(F)(F)F)c3)C2=O)C1. The third-order valence-corrected chi connectivity index (χ3v) is 8.13. The van der Waals surface area contributed by atoms with Gasteiger partial charge in [0.25, 0.3) is 11.1 Å². The van der Waals surface area contributed by atoms with Crippen LogP contribution in [0, 0.1) is 0 Å². The van der Waals surface area contributed by atoms with Crippen molar-refractivity contribution >= 4 is 57.6 Å². The van der Waals surface area contributed by atoms with E-state index in [0.29, 0.717) is 16.5 Å². The second kappa shape index (κ2) is 11.5.